The largest absolute Gasteiger partial charge is 0.336 e. The monoisotopic (exact) mass is 278 g/mol. The van der Waals surface area contributed by atoms with Gasteiger partial charge in [0.15, 0.2) is 6.04 Å². The van der Waals surface area contributed by atoms with Crippen LogP contribution in [0.2, 0.25) is 0 Å². The number of amides is 3. The van der Waals surface area contributed by atoms with Crippen molar-refractivity contribution in [3.8, 4) is 0 Å². The van der Waals surface area contributed by atoms with E-state index in [4.69, 9.17) is 0 Å². The third-order valence-corrected chi connectivity index (χ3v) is 2.97. The van der Waals surface area contributed by atoms with Crippen LogP contribution in [0, 0.1) is 0 Å². The second-order valence-corrected chi connectivity index (χ2v) is 5.30. The normalized spacial score (nSPS) is 13.7. The number of benzene rings is 1. The molecule has 20 heavy (non-hydrogen) atoms. The number of imide groups is 1. The molecule has 0 radical (unpaired) electrons. The number of urea groups is 1. The van der Waals surface area contributed by atoms with E-state index in [-0.39, 0.29) is 24.0 Å². The summed E-state index contributed by atoms with van der Waals surface area (Å²) in [6.45, 7) is 7.51. The van der Waals surface area contributed by atoms with Crippen LogP contribution in [0.15, 0.2) is 30.3 Å². The van der Waals surface area contributed by atoms with Crippen molar-refractivity contribution in [1.29, 1.82) is 0 Å². The van der Waals surface area contributed by atoms with Gasteiger partial charge in [0, 0.05) is 11.6 Å². The molecule has 0 fully saturated rings. The predicted molar refractivity (Wildman–Crippen MR) is 78.1 cm³/mol. The summed E-state index contributed by atoms with van der Waals surface area (Å²) in [4.78, 5) is 23.4. The first-order valence-corrected chi connectivity index (χ1v) is 6.91. The van der Waals surface area contributed by atoms with Gasteiger partial charge in [-0.05, 0) is 27.7 Å². The lowest BCUT2D eigenvalue weighted by molar-refractivity contribution is -0.710. The number of carbonyl (C=O) groups excluding carboxylic acids is 2. The molecule has 1 aromatic carbocycles. The molecule has 0 aliphatic carbocycles. The van der Waals surface area contributed by atoms with Crippen LogP contribution in [-0.4, -0.2) is 24.0 Å². The first-order valence-electron chi connectivity index (χ1n) is 6.91. The number of quaternary nitrogens is 1. The van der Waals surface area contributed by atoms with Gasteiger partial charge in [0.25, 0.3) is 5.91 Å². The molecule has 5 heteroatoms. The van der Waals surface area contributed by atoms with E-state index in [1.807, 2.05) is 56.4 Å². The molecule has 1 rings (SSSR count). The molecule has 0 spiro atoms. The molecule has 0 aliphatic heterocycles. The van der Waals surface area contributed by atoms with Gasteiger partial charge in [-0.25, -0.2) is 4.79 Å². The fourth-order valence-corrected chi connectivity index (χ4v) is 1.91. The average Bonchev–Trinajstić information content (AvgIpc) is 2.38. The van der Waals surface area contributed by atoms with Crippen LogP contribution in [-0.2, 0) is 4.79 Å². The van der Waals surface area contributed by atoms with Gasteiger partial charge < -0.3 is 10.6 Å². The minimum Gasteiger partial charge on any atom is -0.336 e. The molecule has 0 saturated heterocycles. The van der Waals surface area contributed by atoms with Crippen LogP contribution < -0.4 is 16.0 Å². The summed E-state index contributed by atoms with van der Waals surface area (Å²) >= 11 is 0. The van der Waals surface area contributed by atoms with Crippen LogP contribution >= 0.6 is 0 Å². The molecule has 110 valence electrons. The van der Waals surface area contributed by atoms with E-state index in [0.29, 0.717) is 0 Å². The van der Waals surface area contributed by atoms with E-state index in [1.54, 1.807) is 6.92 Å². The van der Waals surface area contributed by atoms with E-state index in [1.165, 1.54) is 0 Å². The molecule has 0 unspecified atom stereocenters. The van der Waals surface area contributed by atoms with Crippen LogP contribution in [0.1, 0.15) is 39.3 Å². The highest BCUT2D eigenvalue weighted by molar-refractivity contribution is 5.96. The van der Waals surface area contributed by atoms with Crippen LogP contribution in [0.5, 0.6) is 0 Å². The minimum atomic E-state index is -0.447. The summed E-state index contributed by atoms with van der Waals surface area (Å²) < 4.78 is 0. The maximum absolute atomic E-state index is 11.9. The number of rotatable bonds is 5. The van der Waals surface area contributed by atoms with Gasteiger partial charge in [0.1, 0.15) is 6.04 Å². The molecule has 0 bridgehead atoms. The van der Waals surface area contributed by atoms with Crippen molar-refractivity contribution in [1.82, 2.24) is 10.6 Å². The number of nitrogens with one attached hydrogen (secondary N) is 2. The summed E-state index contributed by atoms with van der Waals surface area (Å²) in [5.74, 6) is -0.286. The molecule has 0 saturated carbocycles. The summed E-state index contributed by atoms with van der Waals surface area (Å²) in [6, 6.07) is 9.34. The Hall–Kier alpha value is -1.88. The Labute approximate surface area is 120 Å². The molecule has 0 aliphatic rings. The average molecular weight is 278 g/mol. The van der Waals surface area contributed by atoms with E-state index < -0.39 is 6.03 Å². The Morgan fingerprint density at radius 3 is 2.20 bits per heavy atom. The first kappa shape index (κ1) is 16.2. The van der Waals surface area contributed by atoms with Crippen molar-refractivity contribution >= 4 is 11.9 Å². The second-order valence-electron chi connectivity index (χ2n) is 5.30. The molecule has 3 amide bonds. The Morgan fingerprint density at radius 1 is 1.05 bits per heavy atom. The molecule has 5 nitrogen and oxygen atoms in total. The Morgan fingerprint density at radius 2 is 1.65 bits per heavy atom. The van der Waals surface area contributed by atoms with E-state index in [9.17, 15) is 9.59 Å². The van der Waals surface area contributed by atoms with Crippen LogP contribution in [0.4, 0.5) is 4.79 Å². The SMILES string of the molecule is CC(C)NC(=O)NC(=O)[C@@H](C)[NH2+][C@H](C)c1ccccc1. The van der Waals surface area contributed by atoms with Gasteiger partial charge in [-0.1, -0.05) is 30.3 Å². The zero-order valence-corrected chi connectivity index (χ0v) is 12.5. The number of hydrogen-bond donors (Lipinski definition) is 3. The Bertz CT molecular complexity index is 446. The first-order chi connectivity index (χ1) is 9.40. The third-order valence-electron chi connectivity index (χ3n) is 2.97. The standard InChI is InChI=1S/C15H23N3O2/c1-10(2)16-15(20)18-14(19)12(4)17-11(3)13-8-6-5-7-9-13/h5-12,17H,1-4H3,(H2,16,18,19,20)/p+1/t11-,12-/m1/s1. The van der Waals surface area contributed by atoms with Gasteiger partial charge in [-0.3, -0.25) is 10.1 Å². The molecule has 2 atom stereocenters. The van der Waals surface area contributed by atoms with Crippen molar-refractivity contribution < 1.29 is 14.9 Å². The van der Waals surface area contributed by atoms with Crippen LogP contribution in [0.3, 0.4) is 0 Å². The van der Waals surface area contributed by atoms with Crippen molar-refractivity contribution in [2.45, 2.75) is 45.8 Å². The third kappa shape index (κ3) is 5.40. The molecule has 0 aromatic heterocycles. The lowest BCUT2D eigenvalue weighted by atomic mass is 10.1. The van der Waals surface area contributed by atoms with Crippen molar-refractivity contribution in [3.05, 3.63) is 35.9 Å². The second kappa shape index (κ2) is 7.65. The minimum absolute atomic E-state index is 0.00493. The molecular formula is C15H24N3O2+. The van der Waals surface area contributed by atoms with Gasteiger partial charge in [-0.15, -0.1) is 0 Å². The van der Waals surface area contributed by atoms with E-state index in [0.717, 1.165) is 5.56 Å². The number of hydrogen-bond acceptors (Lipinski definition) is 2. The van der Waals surface area contributed by atoms with Gasteiger partial charge >= 0.3 is 6.03 Å². The highest BCUT2D eigenvalue weighted by Gasteiger charge is 2.21. The fraction of sp³-hybridized carbons (Fsp3) is 0.467. The van der Waals surface area contributed by atoms with Crippen LogP contribution in [0.25, 0.3) is 0 Å². The fourth-order valence-electron chi connectivity index (χ4n) is 1.91. The Balaban J connectivity index is 2.47. The quantitative estimate of drug-likeness (QED) is 0.749. The molecule has 1 aromatic rings. The topological polar surface area (TPSA) is 74.8 Å². The smallest absolute Gasteiger partial charge is 0.321 e. The van der Waals surface area contributed by atoms with E-state index in [2.05, 4.69) is 10.6 Å². The lowest BCUT2D eigenvalue weighted by Gasteiger charge is -2.17. The summed E-state index contributed by atoms with van der Waals surface area (Å²) in [6.07, 6.45) is 0. The maximum Gasteiger partial charge on any atom is 0.321 e. The van der Waals surface area contributed by atoms with Gasteiger partial charge in [0.2, 0.25) is 0 Å². The Kier molecular flexibility index (Phi) is 6.18. The molecular weight excluding hydrogens is 254 g/mol. The van der Waals surface area contributed by atoms with Crippen molar-refractivity contribution in [2.75, 3.05) is 0 Å². The predicted octanol–water partition coefficient (Wildman–Crippen LogP) is 0.934. The lowest BCUT2D eigenvalue weighted by Crippen LogP contribution is -2.92. The highest BCUT2D eigenvalue weighted by Crippen LogP contribution is 2.06. The number of nitrogens with two attached hydrogens (primary N) is 1. The van der Waals surface area contributed by atoms with Crippen molar-refractivity contribution in [3.63, 3.8) is 0 Å². The maximum atomic E-state index is 11.9. The summed E-state index contributed by atoms with van der Waals surface area (Å²) in [5, 5.41) is 6.91. The number of carbonyl (C=O) groups is 2. The van der Waals surface area contributed by atoms with Gasteiger partial charge in [-0.2, -0.15) is 0 Å². The highest BCUT2D eigenvalue weighted by atomic mass is 16.2. The van der Waals surface area contributed by atoms with Gasteiger partial charge in [0.05, 0.1) is 0 Å². The van der Waals surface area contributed by atoms with Crippen molar-refractivity contribution in [2.24, 2.45) is 0 Å². The molecule has 0 heterocycles. The summed E-state index contributed by atoms with van der Waals surface area (Å²) in [5.41, 5.74) is 1.15. The van der Waals surface area contributed by atoms with E-state index >= 15 is 0 Å². The summed E-state index contributed by atoms with van der Waals surface area (Å²) in [7, 11) is 0. The zero-order valence-electron chi connectivity index (χ0n) is 12.5. The zero-order chi connectivity index (χ0) is 15.1. The molecule has 4 N–H and O–H groups in total.